The number of halogens is 1. The van der Waals surface area contributed by atoms with Gasteiger partial charge in [0.15, 0.2) is 5.82 Å². The Kier molecular flexibility index (Phi) is 5.68. The summed E-state index contributed by atoms with van der Waals surface area (Å²) in [6.45, 7) is 5.99. The molecule has 0 fully saturated rings. The zero-order chi connectivity index (χ0) is 22.0. The highest BCUT2D eigenvalue weighted by atomic mass is 35.5. The van der Waals surface area contributed by atoms with E-state index in [1.807, 2.05) is 26.8 Å². The highest BCUT2D eigenvalue weighted by molar-refractivity contribution is 6.30. The number of carbonyl (C=O) groups excluding carboxylic acids is 1. The molecule has 0 bridgehead atoms. The number of nitrogens with zero attached hydrogens (tertiary/aromatic N) is 4. The van der Waals surface area contributed by atoms with E-state index in [-0.39, 0.29) is 5.91 Å². The Morgan fingerprint density at radius 1 is 0.935 bits per heavy atom. The van der Waals surface area contributed by atoms with Gasteiger partial charge in [-0.1, -0.05) is 11.6 Å². The number of rotatable bonds is 5. The van der Waals surface area contributed by atoms with Crippen molar-refractivity contribution in [3.05, 3.63) is 88.2 Å². The van der Waals surface area contributed by atoms with Crippen molar-refractivity contribution in [3.63, 3.8) is 0 Å². The second kappa shape index (κ2) is 8.57. The number of aromatic nitrogens is 4. The van der Waals surface area contributed by atoms with Gasteiger partial charge in [-0.15, -0.1) is 10.2 Å². The van der Waals surface area contributed by atoms with Crippen molar-refractivity contribution in [2.24, 2.45) is 0 Å². The Morgan fingerprint density at radius 2 is 1.65 bits per heavy atom. The van der Waals surface area contributed by atoms with E-state index in [1.54, 1.807) is 59.3 Å². The monoisotopic (exact) mass is 433 g/mol. The predicted octanol–water partition coefficient (Wildman–Crippen LogP) is 5.29. The highest BCUT2D eigenvalue weighted by Gasteiger charge is 2.11. The number of hydrogen-bond donors (Lipinski definition) is 1. The summed E-state index contributed by atoms with van der Waals surface area (Å²) in [6.07, 6.45) is 0. The molecule has 0 spiro atoms. The van der Waals surface area contributed by atoms with Crippen LogP contribution < -0.4 is 10.1 Å². The third-order valence-corrected chi connectivity index (χ3v) is 5.19. The molecule has 0 saturated heterocycles. The van der Waals surface area contributed by atoms with E-state index in [1.165, 1.54) is 0 Å². The van der Waals surface area contributed by atoms with Crippen LogP contribution in [0.3, 0.4) is 0 Å². The normalized spacial score (nSPS) is 10.7. The molecule has 31 heavy (non-hydrogen) atoms. The number of ether oxygens (including phenoxy) is 1. The molecule has 0 aliphatic heterocycles. The molecular weight excluding hydrogens is 414 g/mol. The van der Waals surface area contributed by atoms with Crippen molar-refractivity contribution in [1.82, 2.24) is 20.0 Å². The molecule has 1 amide bonds. The van der Waals surface area contributed by atoms with Crippen LogP contribution in [-0.4, -0.2) is 25.9 Å². The Bertz CT molecular complexity index is 1220. The second-order valence-corrected chi connectivity index (χ2v) is 7.46. The summed E-state index contributed by atoms with van der Waals surface area (Å²) >= 11 is 5.85. The first kappa shape index (κ1) is 20.6. The Morgan fingerprint density at radius 3 is 2.23 bits per heavy atom. The first-order chi connectivity index (χ1) is 14.9. The lowest BCUT2D eigenvalue weighted by molar-refractivity contribution is 0.102. The van der Waals surface area contributed by atoms with Gasteiger partial charge in [0.25, 0.3) is 5.91 Å². The Balaban J connectivity index is 1.41. The molecule has 0 unspecified atom stereocenters. The fourth-order valence-electron chi connectivity index (χ4n) is 2.96. The van der Waals surface area contributed by atoms with Gasteiger partial charge in [0.05, 0.1) is 5.69 Å². The average Bonchev–Trinajstić information content (AvgIpc) is 3.03. The summed E-state index contributed by atoms with van der Waals surface area (Å²) in [4.78, 5) is 12.3. The van der Waals surface area contributed by atoms with Gasteiger partial charge >= 0.3 is 0 Å². The summed E-state index contributed by atoms with van der Waals surface area (Å²) in [7, 11) is 0. The van der Waals surface area contributed by atoms with Crippen LogP contribution in [0.25, 0.3) is 5.82 Å². The fraction of sp³-hybridized carbons (Fsp3) is 0.130. The van der Waals surface area contributed by atoms with Gasteiger partial charge in [-0.05, 0) is 80.9 Å². The van der Waals surface area contributed by atoms with Crippen molar-refractivity contribution in [2.45, 2.75) is 20.8 Å². The molecule has 7 nitrogen and oxygen atoms in total. The smallest absolute Gasteiger partial charge is 0.255 e. The molecule has 0 atom stereocenters. The molecule has 4 aromatic rings. The lowest BCUT2D eigenvalue weighted by atomic mass is 10.2. The van der Waals surface area contributed by atoms with Crippen molar-refractivity contribution < 1.29 is 9.53 Å². The predicted molar refractivity (Wildman–Crippen MR) is 119 cm³/mol. The van der Waals surface area contributed by atoms with E-state index in [2.05, 4.69) is 20.6 Å². The summed E-state index contributed by atoms with van der Waals surface area (Å²) in [5.41, 5.74) is 4.29. The van der Waals surface area contributed by atoms with E-state index >= 15 is 0 Å². The fourth-order valence-corrected chi connectivity index (χ4v) is 3.08. The topological polar surface area (TPSA) is 81.9 Å². The van der Waals surface area contributed by atoms with E-state index in [9.17, 15) is 4.79 Å². The summed E-state index contributed by atoms with van der Waals surface area (Å²) in [6, 6.07) is 17.2. The van der Waals surface area contributed by atoms with Gasteiger partial charge in [0.1, 0.15) is 5.75 Å². The van der Waals surface area contributed by atoms with Crippen LogP contribution in [-0.2, 0) is 0 Å². The molecule has 2 aromatic heterocycles. The van der Waals surface area contributed by atoms with Gasteiger partial charge in [0, 0.05) is 28.0 Å². The van der Waals surface area contributed by atoms with Gasteiger partial charge in [-0.25, -0.2) is 4.68 Å². The number of aryl methyl sites for hydroxylation is 1. The largest absolute Gasteiger partial charge is 0.438 e. The number of anilines is 1. The Hall–Kier alpha value is -3.71. The minimum Gasteiger partial charge on any atom is -0.438 e. The van der Waals surface area contributed by atoms with Crippen LogP contribution in [0.2, 0.25) is 5.02 Å². The molecule has 0 radical (unpaired) electrons. The SMILES string of the molecule is Cc1nn(-c2ccc(Oc3ccc(NC(=O)c4ccc(Cl)cc4)cc3)nn2)c(C)c1C. The van der Waals surface area contributed by atoms with Crippen LogP contribution in [0.4, 0.5) is 5.69 Å². The highest BCUT2D eigenvalue weighted by Crippen LogP contribution is 2.23. The van der Waals surface area contributed by atoms with Crippen molar-refractivity contribution in [2.75, 3.05) is 5.32 Å². The minimum atomic E-state index is -0.217. The maximum Gasteiger partial charge on any atom is 0.255 e. The number of amides is 1. The van der Waals surface area contributed by atoms with Crippen LogP contribution >= 0.6 is 11.6 Å². The minimum absolute atomic E-state index is 0.217. The lowest BCUT2D eigenvalue weighted by Crippen LogP contribution is -2.11. The number of carbonyl (C=O) groups is 1. The van der Waals surface area contributed by atoms with Crippen molar-refractivity contribution in [1.29, 1.82) is 0 Å². The third kappa shape index (κ3) is 4.57. The van der Waals surface area contributed by atoms with Crippen LogP contribution in [0, 0.1) is 20.8 Å². The maximum atomic E-state index is 12.3. The van der Waals surface area contributed by atoms with Gasteiger partial charge in [-0.2, -0.15) is 5.10 Å². The van der Waals surface area contributed by atoms with Crippen molar-refractivity contribution in [3.8, 4) is 17.4 Å². The Labute approximate surface area is 184 Å². The summed E-state index contributed by atoms with van der Waals surface area (Å²) in [5, 5.41) is 16.2. The number of benzene rings is 2. The van der Waals surface area contributed by atoms with Crippen molar-refractivity contribution >= 4 is 23.2 Å². The van der Waals surface area contributed by atoms with E-state index in [0.717, 1.165) is 17.0 Å². The maximum absolute atomic E-state index is 12.3. The van der Waals surface area contributed by atoms with E-state index < -0.39 is 0 Å². The lowest BCUT2D eigenvalue weighted by Gasteiger charge is -2.08. The zero-order valence-electron chi connectivity index (χ0n) is 17.3. The van der Waals surface area contributed by atoms with Gasteiger partial charge < -0.3 is 10.1 Å². The van der Waals surface area contributed by atoms with E-state index in [4.69, 9.17) is 16.3 Å². The van der Waals surface area contributed by atoms with Crippen LogP contribution in [0.5, 0.6) is 11.6 Å². The zero-order valence-corrected chi connectivity index (χ0v) is 18.0. The number of nitrogens with one attached hydrogen (secondary N) is 1. The molecule has 0 aliphatic carbocycles. The average molecular weight is 434 g/mol. The molecular formula is C23H20ClN5O2. The first-order valence-electron chi connectivity index (χ1n) is 9.62. The standard InChI is InChI=1S/C23H20ClN5O2/c1-14-15(2)28-29(16(14)3)21-12-13-22(27-26-21)31-20-10-8-19(9-11-20)25-23(30)17-4-6-18(24)7-5-17/h4-13H,1-3H3,(H,25,30). The molecule has 0 aliphatic rings. The van der Waals surface area contributed by atoms with Gasteiger partial charge in [0.2, 0.25) is 5.88 Å². The van der Waals surface area contributed by atoms with Crippen LogP contribution in [0.1, 0.15) is 27.3 Å². The molecule has 0 saturated carbocycles. The molecule has 4 rings (SSSR count). The third-order valence-electron chi connectivity index (χ3n) is 4.94. The number of hydrogen-bond acceptors (Lipinski definition) is 5. The van der Waals surface area contributed by atoms with E-state index in [0.29, 0.717) is 33.7 Å². The van der Waals surface area contributed by atoms with Gasteiger partial charge in [-0.3, -0.25) is 4.79 Å². The van der Waals surface area contributed by atoms with Crippen LogP contribution in [0.15, 0.2) is 60.7 Å². The summed E-state index contributed by atoms with van der Waals surface area (Å²) < 4.78 is 7.52. The summed E-state index contributed by atoms with van der Waals surface area (Å²) in [5.74, 6) is 1.35. The molecule has 156 valence electrons. The molecule has 2 aromatic carbocycles. The first-order valence-corrected chi connectivity index (χ1v) is 10.0. The molecule has 1 N–H and O–H groups in total. The molecule has 8 heteroatoms. The second-order valence-electron chi connectivity index (χ2n) is 7.02. The molecule has 2 heterocycles. The quantitative estimate of drug-likeness (QED) is 0.462.